The summed E-state index contributed by atoms with van der Waals surface area (Å²) in [7, 11) is 0. The van der Waals surface area contributed by atoms with Crippen molar-refractivity contribution in [3.63, 3.8) is 0 Å². The normalized spacial score (nSPS) is 11.9. The Kier molecular flexibility index (Phi) is 4.34. The molecule has 3 N–H and O–H groups in total. The van der Waals surface area contributed by atoms with Gasteiger partial charge in [-0.2, -0.15) is 0 Å². The second-order valence-electron chi connectivity index (χ2n) is 3.56. The first-order valence-corrected chi connectivity index (χ1v) is 5.24. The summed E-state index contributed by atoms with van der Waals surface area (Å²) < 4.78 is 5.25. The van der Waals surface area contributed by atoms with E-state index in [2.05, 4.69) is 0 Å². The van der Waals surface area contributed by atoms with Gasteiger partial charge in [-0.05, 0) is 18.2 Å². The van der Waals surface area contributed by atoms with E-state index in [-0.39, 0.29) is 17.2 Å². The molecule has 5 nitrogen and oxygen atoms in total. The lowest BCUT2D eigenvalue weighted by atomic mass is 10.2. The number of aromatic carboxylic acids is 1. The molecule has 0 saturated carbocycles. The molecule has 92 valence electrons. The molecule has 1 aromatic carbocycles. The highest BCUT2D eigenvalue weighted by atomic mass is 35.5. The average molecular weight is 258 g/mol. The van der Waals surface area contributed by atoms with E-state index in [0.29, 0.717) is 5.75 Å². The van der Waals surface area contributed by atoms with E-state index in [1.807, 2.05) is 0 Å². The molecule has 0 radical (unpaired) electrons. The molecule has 0 saturated heterocycles. The zero-order chi connectivity index (χ0) is 13.0. The van der Waals surface area contributed by atoms with Crippen molar-refractivity contribution in [3.8, 4) is 5.75 Å². The number of carboxylic acids is 1. The van der Waals surface area contributed by atoms with Gasteiger partial charge in [0, 0.05) is 0 Å². The fraction of sp³-hybridized carbons (Fsp3) is 0.273. The second kappa shape index (κ2) is 5.54. The van der Waals surface area contributed by atoms with Crippen molar-refractivity contribution >= 4 is 23.5 Å². The summed E-state index contributed by atoms with van der Waals surface area (Å²) in [6.45, 7) is 1.71. The van der Waals surface area contributed by atoms with Crippen molar-refractivity contribution in [3.05, 3.63) is 28.8 Å². The molecule has 1 amide bonds. The largest absolute Gasteiger partial charge is 0.493 e. The molecule has 0 aromatic heterocycles. The molecule has 1 atom stereocenters. The Morgan fingerprint density at radius 2 is 2.18 bits per heavy atom. The lowest BCUT2D eigenvalue weighted by molar-refractivity contribution is -0.122. The number of amides is 1. The van der Waals surface area contributed by atoms with Crippen LogP contribution < -0.4 is 10.5 Å². The lowest BCUT2D eigenvalue weighted by Crippen LogP contribution is -2.25. The zero-order valence-corrected chi connectivity index (χ0v) is 9.90. The monoisotopic (exact) mass is 257 g/mol. The Morgan fingerprint density at radius 3 is 2.71 bits per heavy atom. The number of nitrogens with two attached hydrogens (primary N) is 1. The van der Waals surface area contributed by atoms with Crippen LogP contribution in [-0.4, -0.2) is 23.6 Å². The van der Waals surface area contributed by atoms with E-state index >= 15 is 0 Å². The van der Waals surface area contributed by atoms with Gasteiger partial charge in [-0.1, -0.05) is 18.5 Å². The molecule has 0 aliphatic heterocycles. The number of halogens is 1. The van der Waals surface area contributed by atoms with Crippen LogP contribution >= 0.6 is 11.6 Å². The van der Waals surface area contributed by atoms with Crippen molar-refractivity contribution in [2.45, 2.75) is 6.92 Å². The number of ether oxygens (including phenoxy) is 1. The van der Waals surface area contributed by atoms with Crippen molar-refractivity contribution in [2.24, 2.45) is 11.7 Å². The third-order valence-corrected chi connectivity index (χ3v) is 2.48. The summed E-state index contributed by atoms with van der Waals surface area (Å²) >= 11 is 5.69. The van der Waals surface area contributed by atoms with Gasteiger partial charge >= 0.3 is 5.97 Å². The molecule has 1 rings (SSSR count). The maximum Gasteiger partial charge on any atom is 0.337 e. The maximum atomic E-state index is 10.8. The standard InChI is InChI=1S/C11H12ClNO4/c1-6(10(13)14)5-17-7-2-3-9(12)8(4-7)11(15)16/h2-4,6H,5H2,1H3,(H2,13,14)(H,15,16). The number of benzene rings is 1. The Hall–Kier alpha value is -1.75. The minimum absolute atomic E-state index is 0.0455. The van der Waals surface area contributed by atoms with E-state index in [4.69, 9.17) is 27.2 Å². The number of primary amides is 1. The van der Waals surface area contributed by atoms with Gasteiger partial charge in [-0.25, -0.2) is 4.79 Å². The Morgan fingerprint density at radius 1 is 1.53 bits per heavy atom. The number of hydrogen-bond donors (Lipinski definition) is 2. The number of carboxylic acid groups (broad SMARTS) is 1. The van der Waals surface area contributed by atoms with Gasteiger partial charge in [0.25, 0.3) is 0 Å². The van der Waals surface area contributed by atoms with Crippen LogP contribution in [0.15, 0.2) is 18.2 Å². The molecule has 0 fully saturated rings. The van der Waals surface area contributed by atoms with Gasteiger partial charge in [0.05, 0.1) is 23.1 Å². The van der Waals surface area contributed by atoms with Crippen LogP contribution in [0.1, 0.15) is 17.3 Å². The Balaban J connectivity index is 2.76. The molecular weight excluding hydrogens is 246 g/mol. The fourth-order valence-corrected chi connectivity index (χ4v) is 1.26. The van der Waals surface area contributed by atoms with Crippen molar-refractivity contribution < 1.29 is 19.4 Å². The molecule has 0 bridgehead atoms. The molecule has 17 heavy (non-hydrogen) atoms. The molecule has 6 heteroatoms. The zero-order valence-electron chi connectivity index (χ0n) is 9.14. The van der Waals surface area contributed by atoms with Crippen LogP contribution in [-0.2, 0) is 4.79 Å². The van der Waals surface area contributed by atoms with Gasteiger partial charge in [0.2, 0.25) is 5.91 Å². The summed E-state index contributed by atoms with van der Waals surface area (Å²) in [5, 5.41) is 8.97. The average Bonchev–Trinajstić information content (AvgIpc) is 2.26. The van der Waals surface area contributed by atoms with Crippen molar-refractivity contribution in [1.29, 1.82) is 0 Å². The number of rotatable bonds is 5. The first-order valence-electron chi connectivity index (χ1n) is 4.86. The predicted octanol–water partition coefficient (Wildman–Crippen LogP) is 1.54. The summed E-state index contributed by atoms with van der Waals surface area (Å²) in [6.07, 6.45) is 0. The second-order valence-corrected chi connectivity index (χ2v) is 3.97. The van der Waals surface area contributed by atoms with Crippen molar-refractivity contribution in [2.75, 3.05) is 6.61 Å². The minimum Gasteiger partial charge on any atom is -0.493 e. The highest BCUT2D eigenvalue weighted by molar-refractivity contribution is 6.33. The third-order valence-electron chi connectivity index (χ3n) is 2.15. The summed E-state index contributed by atoms with van der Waals surface area (Å²) in [4.78, 5) is 21.6. The summed E-state index contributed by atoms with van der Waals surface area (Å²) in [6, 6.07) is 4.26. The van der Waals surface area contributed by atoms with E-state index < -0.39 is 17.8 Å². The van der Waals surface area contributed by atoms with Crippen LogP contribution in [0.3, 0.4) is 0 Å². The molecule has 0 spiro atoms. The van der Waals surface area contributed by atoms with Gasteiger partial charge in [-0.3, -0.25) is 4.79 Å². The van der Waals surface area contributed by atoms with Crippen molar-refractivity contribution in [1.82, 2.24) is 0 Å². The lowest BCUT2D eigenvalue weighted by Gasteiger charge is -2.10. The van der Waals surface area contributed by atoms with Crippen LogP contribution in [0.4, 0.5) is 0 Å². The molecule has 0 aliphatic carbocycles. The van der Waals surface area contributed by atoms with Crippen LogP contribution in [0.5, 0.6) is 5.75 Å². The first kappa shape index (κ1) is 13.3. The summed E-state index contributed by atoms with van der Waals surface area (Å²) in [5.41, 5.74) is 5.02. The highest BCUT2D eigenvalue weighted by Gasteiger charge is 2.12. The van der Waals surface area contributed by atoms with E-state index in [9.17, 15) is 9.59 Å². The molecule has 1 unspecified atom stereocenters. The van der Waals surface area contributed by atoms with Gasteiger partial charge in [-0.15, -0.1) is 0 Å². The van der Waals surface area contributed by atoms with Gasteiger partial charge in [0.1, 0.15) is 5.75 Å². The van der Waals surface area contributed by atoms with Gasteiger partial charge < -0.3 is 15.6 Å². The quantitative estimate of drug-likeness (QED) is 0.837. The number of carbonyl (C=O) groups is 2. The van der Waals surface area contributed by atoms with Gasteiger partial charge in [0.15, 0.2) is 0 Å². The number of hydrogen-bond acceptors (Lipinski definition) is 3. The smallest absolute Gasteiger partial charge is 0.337 e. The molecule has 1 aromatic rings. The predicted molar refractivity (Wildman–Crippen MR) is 62.3 cm³/mol. The maximum absolute atomic E-state index is 10.8. The van der Waals surface area contributed by atoms with Crippen LogP contribution in [0.25, 0.3) is 0 Å². The molecule has 0 heterocycles. The van der Waals surface area contributed by atoms with Crippen LogP contribution in [0.2, 0.25) is 5.02 Å². The SMILES string of the molecule is CC(COc1ccc(Cl)c(C(=O)O)c1)C(N)=O. The van der Waals surface area contributed by atoms with E-state index in [1.165, 1.54) is 18.2 Å². The third kappa shape index (κ3) is 3.64. The van der Waals surface area contributed by atoms with E-state index in [1.54, 1.807) is 6.92 Å². The minimum atomic E-state index is -1.14. The highest BCUT2D eigenvalue weighted by Crippen LogP contribution is 2.22. The first-order chi connectivity index (χ1) is 7.91. The van der Waals surface area contributed by atoms with Crippen LogP contribution in [0, 0.1) is 5.92 Å². The number of carbonyl (C=O) groups excluding carboxylic acids is 1. The Bertz CT molecular complexity index is 447. The molecular formula is C11H12ClNO4. The topological polar surface area (TPSA) is 89.6 Å². The van der Waals surface area contributed by atoms with E-state index in [0.717, 1.165) is 0 Å². The molecule has 0 aliphatic rings. The fourth-order valence-electron chi connectivity index (χ4n) is 1.06. The Labute approximate surface area is 103 Å². The summed E-state index contributed by atoms with van der Waals surface area (Å²) in [5.74, 6) is -1.72.